The molecule has 8 nitrogen and oxygen atoms in total. The monoisotopic (exact) mass is 476 g/mol. The van der Waals surface area contributed by atoms with E-state index in [1.54, 1.807) is 0 Å². The van der Waals surface area contributed by atoms with E-state index in [0.717, 1.165) is 32.6 Å². The lowest BCUT2D eigenvalue weighted by Crippen LogP contribution is -2.95. The molecule has 2 heterocycles. The van der Waals surface area contributed by atoms with Gasteiger partial charge in [-0.3, -0.25) is 14.5 Å². The van der Waals surface area contributed by atoms with E-state index in [1.165, 1.54) is 31.4 Å². The quantitative estimate of drug-likeness (QED) is 0.459. The minimum atomic E-state index is -1.20. The van der Waals surface area contributed by atoms with Crippen LogP contribution in [0.2, 0.25) is 0 Å². The lowest BCUT2D eigenvalue weighted by molar-refractivity contribution is -0.717. The number of hydrogen-bond donors (Lipinski definition) is 2. The van der Waals surface area contributed by atoms with Crippen LogP contribution in [0.1, 0.15) is 65.7 Å². The van der Waals surface area contributed by atoms with Gasteiger partial charge in [0.15, 0.2) is 0 Å². The fourth-order valence-corrected chi connectivity index (χ4v) is 5.94. The van der Waals surface area contributed by atoms with E-state index in [2.05, 4.69) is 47.3 Å². The first-order valence-electron chi connectivity index (χ1n) is 13.2. The molecular weight excluding hydrogens is 432 g/mol. The van der Waals surface area contributed by atoms with Gasteiger partial charge in [0.2, 0.25) is 11.8 Å². The van der Waals surface area contributed by atoms with Crippen LogP contribution < -0.4 is 15.7 Å². The van der Waals surface area contributed by atoms with Gasteiger partial charge in [-0.25, -0.2) is 0 Å². The lowest BCUT2D eigenvalue weighted by Gasteiger charge is -2.40. The van der Waals surface area contributed by atoms with Crippen molar-refractivity contribution in [3.8, 4) is 0 Å². The zero-order valence-electron chi connectivity index (χ0n) is 21.3. The first kappa shape index (κ1) is 26.7. The van der Waals surface area contributed by atoms with Crippen LogP contribution in [0.5, 0.6) is 0 Å². The SMILES string of the molecule is CC1=C[C@@H](CNC(=O)CCC(=O)[O-])[C@H](C(C)C)C[C@H]1CC(=O)N1CCN(C2CCCC[NH2+]2)CC1. The standard InChI is InChI=1S/C26H44N4O4/c1-18(2)22-15-20(19(3)14-21(22)17-28-24(31)7-8-26(33)34)16-25(32)30-12-10-29(11-13-30)23-6-4-5-9-27-23/h14,18,20-23,27H,4-13,15-17H2,1-3H3,(H,28,31)(H,33,34)/t20-,21-,22-,23?/m0/s1. The number of hydrogen-bond acceptors (Lipinski definition) is 5. The summed E-state index contributed by atoms with van der Waals surface area (Å²) in [6.07, 6.45) is 7.93. The number of amides is 2. The maximum absolute atomic E-state index is 13.2. The molecule has 2 saturated heterocycles. The van der Waals surface area contributed by atoms with E-state index in [9.17, 15) is 19.5 Å². The smallest absolute Gasteiger partial charge is 0.223 e. The second-order valence-corrected chi connectivity index (χ2v) is 10.8. The molecule has 0 radical (unpaired) electrons. The molecule has 4 atom stereocenters. The number of nitrogens with one attached hydrogen (secondary N) is 1. The molecule has 0 aromatic carbocycles. The van der Waals surface area contributed by atoms with Crippen LogP contribution in [-0.2, 0) is 14.4 Å². The van der Waals surface area contributed by atoms with Gasteiger partial charge in [0.1, 0.15) is 6.17 Å². The zero-order chi connectivity index (χ0) is 24.7. The van der Waals surface area contributed by atoms with Gasteiger partial charge in [-0.1, -0.05) is 25.5 Å². The molecule has 2 amide bonds. The number of carboxylic acid groups (broad SMARTS) is 1. The molecule has 1 unspecified atom stereocenters. The van der Waals surface area contributed by atoms with E-state index in [-0.39, 0.29) is 36.5 Å². The van der Waals surface area contributed by atoms with E-state index >= 15 is 0 Å². The molecule has 2 fully saturated rings. The molecule has 0 aromatic heterocycles. The number of piperazine rings is 1. The Morgan fingerprint density at radius 3 is 2.50 bits per heavy atom. The van der Waals surface area contributed by atoms with Crippen molar-refractivity contribution < 1.29 is 24.8 Å². The zero-order valence-corrected chi connectivity index (χ0v) is 21.3. The van der Waals surface area contributed by atoms with Crippen LogP contribution in [0.4, 0.5) is 0 Å². The summed E-state index contributed by atoms with van der Waals surface area (Å²) >= 11 is 0. The van der Waals surface area contributed by atoms with Gasteiger partial charge in [0.25, 0.3) is 0 Å². The van der Waals surface area contributed by atoms with Crippen LogP contribution >= 0.6 is 0 Å². The molecule has 0 spiro atoms. The molecule has 2 aliphatic heterocycles. The highest BCUT2D eigenvalue weighted by atomic mass is 16.4. The summed E-state index contributed by atoms with van der Waals surface area (Å²) in [6, 6.07) is 0. The molecule has 8 heteroatoms. The number of carbonyl (C=O) groups is 3. The number of allylic oxidation sites excluding steroid dienone is 1. The topological polar surface area (TPSA) is 109 Å². The number of piperidine rings is 1. The van der Waals surface area contributed by atoms with Crippen molar-refractivity contribution in [2.24, 2.45) is 23.7 Å². The first-order chi connectivity index (χ1) is 16.2. The number of aliphatic carboxylic acids is 1. The third-order valence-corrected chi connectivity index (χ3v) is 8.12. The van der Waals surface area contributed by atoms with Crippen LogP contribution in [0, 0.1) is 23.7 Å². The highest BCUT2D eigenvalue weighted by Crippen LogP contribution is 2.39. The number of nitrogens with zero attached hydrogens (tertiary/aromatic N) is 2. The Morgan fingerprint density at radius 1 is 1.15 bits per heavy atom. The van der Waals surface area contributed by atoms with Crippen LogP contribution in [0.3, 0.4) is 0 Å². The Morgan fingerprint density at radius 2 is 1.88 bits per heavy atom. The van der Waals surface area contributed by atoms with Crippen LogP contribution in [0.25, 0.3) is 0 Å². The average molecular weight is 477 g/mol. The highest BCUT2D eigenvalue weighted by molar-refractivity contribution is 5.80. The van der Waals surface area contributed by atoms with Crippen molar-refractivity contribution in [3.63, 3.8) is 0 Å². The second-order valence-electron chi connectivity index (χ2n) is 10.8. The van der Waals surface area contributed by atoms with E-state index in [0.29, 0.717) is 31.0 Å². The third kappa shape index (κ3) is 7.54. The summed E-state index contributed by atoms with van der Waals surface area (Å²) in [5, 5.41) is 15.9. The Labute approximate surface area is 204 Å². The molecule has 0 bridgehead atoms. The second kappa shape index (κ2) is 12.7. The van der Waals surface area contributed by atoms with E-state index < -0.39 is 5.97 Å². The van der Waals surface area contributed by atoms with Crippen molar-refractivity contribution in [1.29, 1.82) is 0 Å². The largest absolute Gasteiger partial charge is 0.550 e. The predicted molar refractivity (Wildman–Crippen MR) is 128 cm³/mol. The molecule has 192 valence electrons. The van der Waals surface area contributed by atoms with Gasteiger partial charge in [0, 0.05) is 58.0 Å². The van der Waals surface area contributed by atoms with Crippen molar-refractivity contribution in [1.82, 2.24) is 15.1 Å². The summed E-state index contributed by atoms with van der Waals surface area (Å²) in [7, 11) is 0. The molecule has 1 aliphatic carbocycles. The van der Waals surface area contributed by atoms with Crippen LogP contribution in [0.15, 0.2) is 11.6 Å². The fourth-order valence-electron chi connectivity index (χ4n) is 5.94. The molecule has 34 heavy (non-hydrogen) atoms. The van der Waals surface area contributed by atoms with Gasteiger partial charge in [0.05, 0.1) is 6.54 Å². The summed E-state index contributed by atoms with van der Waals surface area (Å²) < 4.78 is 0. The van der Waals surface area contributed by atoms with Gasteiger partial charge in [-0.15, -0.1) is 0 Å². The van der Waals surface area contributed by atoms with Crippen molar-refractivity contribution in [2.45, 2.75) is 71.9 Å². The fraction of sp³-hybridized carbons (Fsp3) is 0.808. The molecule has 0 saturated carbocycles. The molecule has 3 rings (SSSR count). The summed E-state index contributed by atoms with van der Waals surface area (Å²) in [6.45, 7) is 11.8. The normalized spacial score (nSPS) is 28.5. The van der Waals surface area contributed by atoms with Gasteiger partial charge in [-0.2, -0.15) is 0 Å². The summed E-state index contributed by atoms with van der Waals surface area (Å²) in [4.78, 5) is 40.3. The average Bonchev–Trinajstić information content (AvgIpc) is 2.83. The van der Waals surface area contributed by atoms with E-state index in [1.807, 2.05) is 0 Å². The minimum absolute atomic E-state index is 0.0484. The van der Waals surface area contributed by atoms with Crippen molar-refractivity contribution in [3.05, 3.63) is 11.6 Å². The lowest BCUT2D eigenvalue weighted by atomic mass is 9.69. The maximum atomic E-state index is 13.2. The Kier molecular flexibility index (Phi) is 9.95. The molecule has 0 aromatic rings. The first-order valence-corrected chi connectivity index (χ1v) is 13.2. The van der Waals surface area contributed by atoms with Gasteiger partial charge >= 0.3 is 0 Å². The Bertz CT molecular complexity index is 739. The van der Waals surface area contributed by atoms with Crippen molar-refractivity contribution >= 4 is 17.8 Å². The number of carbonyl (C=O) groups excluding carboxylic acids is 3. The summed E-state index contributed by atoms with van der Waals surface area (Å²) in [5.41, 5.74) is 1.23. The van der Waals surface area contributed by atoms with E-state index in [4.69, 9.17) is 0 Å². The van der Waals surface area contributed by atoms with Gasteiger partial charge < -0.3 is 25.4 Å². The maximum Gasteiger partial charge on any atom is 0.223 e. The van der Waals surface area contributed by atoms with Crippen LogP contribution in [-0.4, -0.2) is 73.0 Å². The number of carboxylic acids is 1. The number of quaternary nitrogens is 1. The minimum Gasteiger partial charge on any atom is -0.550 e. The predicted octanol–water partition coefficient (Wildman–Crippen LogP) is 0.0950. The van der Waals surface area contributed by atoms with Crippen molar-refractivity contribution in [2.75, 3.05) is 39.3 Å². The number of nitrogens with two attached hydrogens (primary N) is 1. The highest BCUT2D eigenvalue weighted by Gasteiger charge is 2.34. The Hall–Kier alpha value is -1.93. The number of rotatable bonds is 9. The Balaban J connectivity index is 1.50. The summed E-state index contributed by atoms with van der Waals surface area (Å²) in [5.74, 6) is 0.0682. The molecule has 3 aliphatic rings. The van der Waals surface area contributed by atoms with Gasteiger partial charge in [-0.05, 0) is 56.3 Å². The third-order valence-electron chi connectivity index (χ3n) is 8.12. The molecule has 3 N–H and O–H groups in total. The molecular formula is C26H44N4O4.